The van der Waals surface area contributed by atoms with Gasteiger partial charge in [-0.05, 0) is 32.7 Å². The highest BCUT2D eigenvalue weighted by Gasteiger charge is 2.26. The number of aryl methyl sites for hydroxylation is 1. The molecule has 2 aromatic rings. The number of benzene rings is 1. The zero-order valence-corrected chi connectivity index (χ0v) is 14.2. The molecule has 116 valence electrons. The van der Waals surface area contributed by atoms with Crippen molar-refractivity contribution in [1.29, 1.82) is 0 Å². The Morgan fingerprint density at radius 2 is 2.05 bits per heavy atom. The number of para-hydroxylation sites is 1. The predicted molar refractivity (Wildman–Crippen MR) is 93.0 cm³/mol. The summed E-state index contributed by atoms with van der Waals surface area (Å²) in [6, 6.07) is 8.96. The first kappa shape index (κ1) is 16.4. The molecule has 0 saturated carbocycles. The van der Waals surface area contributed by atoms with Crippen LogP contribution in [0.4, 0.5) is 0 Å². The van der Waals surface area contributed by atoms with Crippen LogP contribution in [0.15, 0.2) is 28.7 Å². The quantitative estimate of drug-likeness (QED) is 0.844. The molecule has 1 aromatic carbocycles. The maximum absolute atomic E-state index is 6.12. The minimum Gasteiger partial charge on any atom is -0.461 e. The summed E-state index contributed by atoms with van der Waals surface area (Å²) in [4.78, 5) is 2.42. The number of nitrogens with two attached hydrogens (primary N) is 1. The van der Waals surface area contributed by atoms with E-state index < -0.39 is 0 Å². The third-order valence-electron chi connectivity index (χ3n) is 4.27. The summed E-state index contributed by atoms with van der Waals surface area (Å²) in [5, 5.41) is 1.19. The van der Waals surface area contributed by atoms with E-state index in [9.17, 15) is 0 Å². The van der Waals surface area contributed by atoms with E-state index in [0.717, 1.165) is 23.5 Å². The summed E-state index contributed by atoms with van der Waals surface area (Å²) >= 11 is 1.89. The maximum atomic E-state index is 6.12. The Kier molecular flexibility index (Phi) is 5.73. The van der Waals surface area contributed by atoms with Crippen LogP contribution in [0.2, 0.25) is 0 Å². The molecule has 1 heterocycles. The standard InChI is InChI=1S/C17H26N2OS/c1-5-13(11-21-4)19(3)15(10-18)17-12(2)20-16-9-7-6-8-14(16)17/h6-9,13,15H,5,10-11,18H2,1-4H3. The number of likely N-dealkylation sites (N-methyl/N-ethyl adjacent to an activating group) is 1. The van der Waals surface area contributed by atoms with Gasteiger partial charge in [-0.1, -0.05) is 25.1 Å². The highest BCUT2D eigenvalue weighted by atomic mass is 32.2. The predicted octanol–water partition coefficient (Wildman–Crippen LogP) is 3.81. The largest absolute Gasteiger partial charge is 0.461 e. The van der Waals surface area contributed by atoms with Crippen LogP contribution in [0.5, 0.6) is 0 Å². The fraction of sp³-hybridized carbons (Fsp3) is 0.529. The van der Waals surface area contributed by atoms with E-state index in [1.807, 2.05) is 30.8 Å². The Bertz CT molecular complexity index is 581. The van der Waals surface area contributed by atoms with Crippen LogP contribution in [0.1, 0.15) is 30.7 Å². The van der Waals surface area contributed by atoms with E-state index in [1.165, 1.54) is 10.9 Å². The van der Waals surface area contributed by atoms with Crippen molar-refractivity contribution in [2.75, 3.05) is 25.6 Å². The van der Waals surface area contributed by atoms with Crippen molar-refractivity contribution in [2.24, 2.45) is 5.73 Å². The van der Waals surface area contributed by atoms with Crippen LogP contribution < -0.4 is 5.73 Å². The molecule has 21 heavy (non-hydrogen) atoms. The molecule has 4 heteroatoms. The van der Waals surface area contributed by atoms with Gasteiger partial charge in [-0.2, -0.15) is 11.8 Å². The third kappa shape index (κ3) is 3.28. The zero-order valence-electron chi connectivity index (χ0n) is 13.4. The molecular formula is C17H26N2OS. The molecule has 0 aliphatic carbocycles. The van der Waals surface area contributed by atoms with Crippen LogP contribution in [-0.4, -0.2) is 36.5 Å². The van der Waals surface area contributed by atoms with Crippen molar-refractivity contribution in [3.8, 4) is 0 Å². The van der Waals surface area contributed by atoms with Gasteiger partial charge in [0.1, 0.15) is 11.3 Å². The summed E-state index contributed by atoms with van der Waals surface area (Å²) in [5.74, 6) is 2.11. The number of thioether (sulfide) groups is 1. The molecule has 0 bridgehead atoms. The molecule has 0 spiro atoms. The highest BCUT2D eigenvalue weighted by molar-refractivity contribution is 7.98. The van der Waals surface area contributed by atoms with Crippen molar-refractivity contribution in [1.82, 2.24) is 4.90 Å². The Morgan fingerprint density at radius 3 is 2.67 bits per heavy atom. The normalized spacial score (nSPS) is 14.8. The van der Waals surface area contributed by atoms with E-state index >= 15 is 0 Å². The molecule has 0 amide bonds. The molecule has 2 N–H and O–H groups in total. The second-order valence-corrected chi connectivity index (χ2v) is 6.41. The van der Waals surface area contributed by atoms with Crippen LogP contribution >= 0.6 is 11.8 Å². The number of nitrogens with zero attached hydrogens (tertiary/aromatic N) is 1. The Hall–Kier alpha value is -0.970. The van der Waals surface area contributed by atoms with Crippen molar-refractivity contribution < 1.29 is 4.42 Å². The SMILES string of the molecule is CCC(CSC)N(C)C(CN)c1c(C)oc2ccccc12. The number of fused-ring (bicyclic) bond motifs is 1. The maximum Gasteiger partial charge on any atom is 0.134 e. The van der Waals surface area contributed by atoms with E-state index in [1.54, 1.807) is 0 Å². The minimum absolute atomic E-state index is 0.200. The van der Waals surface area contributed by atoms with Crippen molar-refractivity contribution in [3.63, 3.8) is 0 Å². The molecule has 0 aliphatic heterocycles. The molecule has 3 nitrogen and oxygen atoms in total. The second kappa shape index (κ2) is 7.34. The second-order valence-electron chi connectivity index (χ2n) is 5.50. The molecule has 0 radical (unpaired) electrons. The number of hydrogen-bond acceptors (Lipinski definition) is 4. The number of rotatable bonds is 7. The smallest absolute Gasteiger partial charge is 0.134 e. The summed E-state index contributed by atoms with van der Waals surface area (Å²) in [6.45, 7) is 4.89. The Morgan fingerprint density at radius 1 is 1.33 bits per heavy atom. The molecule has 0 aliphatic rings. The first-order chi connectivity index (χ1) is 10.1. The van der Waals surface area contributed by atoms with Gasteiger partial charge in [0.2, 0.25) is 0 Å². The zero-order chi connectivity index (χ0) is 15.4. The van der Waals surface area contributed by atoms with E-state index in [2.05, 4.69) is 37.3 Å². The van der Waals surface area contributed by atoms with E-state index in [-0.39, 0.29) is 6.04 Å². The Labute approximate surface area is 131 Å². The van der Waals surface area contributed by atoms with Crippen molar-refractivity contribution in [2.45, 2.75) is 32.4 Å². The van der Waals surface area contributed by atoms with Gasteiger partial charge in [0.05, 0.1) is 6.04 Å². The number of furan rings is 1. The fourth-order valence-corrected chi connectivity index (χ4v) is 3.92. The van der Waals surface area contributed by atoms with Gasteiger partial charge < -0.3 is 10.2 Å². The van der Waals surface area contributed by atoms with Gasteiger partial charge >= 0.3 is 0 Å². The van der Waals surface area contributed by atoms with Crippen LogP contribution in [0, 0.1) is 6.92 Å². The Balaban J connectivity index is 2.41. The lowest BCUT2D eigenvalue weighted by Crippen LogP contribution is -2.39. The van der Waals surface area contributed by atoms with Gasteiger partial charge in [-0.15, -0.1) is 0 Å². The molecule has 2 unspecified atom stereocenters. The monoisotopic (exact) mass is 306 g/mol. The molecular weight excluding hydrogens is 280 g/mol. The summed E-state index contributed by atoms with van der Waals surface area (Å²) in [5.41, 5.74) is 8.32. The van der Waals surface area contributed by atoms with Crippen LogP contribution in [-0.2, 0) is 0 Å². The molecule has 0 saturated heterocycles. The lowest BCUT2D eigenvalue weighted by atomic mass is 10.00. The van der Waals surface area contributed by atoms with Gasteiger partial charge in [0, 0.05) is 29.3 Å². The van der Waals surface area contributed by atoms with Crippen molar-refractivity contribution in [3.05, 3.63) is 35.6 Å². The highest BCUT2D eigenvalue weighted by Crippen LogP contribution is 2.34. The van der Waals surface area contributed by atoms with E-state index in [0.29, 0.717) is 12.6 Å². The van der Waals surface area contributed by atoms with Gasteiger partial charge in [0.25, 0.3) is 0 Å². The lowest BCUT2D eigenvalue weighted by Gasteiger charge is -2.34. The van der Waals surface area contributed by atoms with E-state index in [4.69, 9.17) is 10.2 Å². The molecule has 2 rings (SSSR count). The van der Waals surface area contributed by atoms with Gasteiger partial charge in [-0.25, -0.2) is 0 Å². The first-order valence-corrected chi connectivity index (χ1v) is 8.92. The third-order valence-corrected chi connectivity index (χ3v) is 4.99. The number of hydrogen-bond donors (Lipinski definition) is 1. The molecule has 2 atom stereocenters. The topological polar surface area (TPSA) is 42.4 Å². The van der Waals surface area contributed by atoms with Crippen LogP contribution in [0.3, 0.4) is 0 Å². The minimum atomic E-state index is 0.200. The van der Waals surface area contributed by atoms with Gasteiger partial charge in [0.15, 0.2) is 0 Å². The molecule has 0 fully saturated rings. The van der Waals surface area contributed by atoms with Gasteiger partial charge in [-0.3, -0.25) is 4.90 Å². The fourth-order valence-electron chi connectivity index (χ4n) is 3.06. The summed E-state index contributed by atoms with van der Waals surface area (Å²) < 4.78 is 5.92. The lowest BCUT2D eigenvalue weighted by molar-refractivity contribution is 0.187. The summed E-state index contributed by atoms with van der Waals surface area (Å²) in [6.07, 6.45) is 3.29. The average Bonchev–Trinajstić information content (AvgIpc) is 2.82. The van der Waals surface area contributed by atoms with Crippen molar-refractivity contribution >= 4 is 22.7 Å². The molecule has 1 aromatic heterocycles. The average molecular weight is 306 g/mol. The van der Waals surface area contributed by atoms with Crippen LogP contribution in [0.25, 0.3) is 11.0 Å². The summed E-state index contributed by atoms with van der Waals surface area (Å²) in [7, 11) is 2.18. The first-order valence-electron chi connectivity index (χ1n) is 7.52.